The van der Waals surface area contributed by atoms with Crippen LogP contribution in [0, 0.1) is 0 Å². The van der Waals surface area contributed by atoms with Crippen LogP contribution in [0.25, 0.3) is 0 Å². The van der Waals surface area contributed by atoms with Crippen LogP contribution in [0.3, 0.4) is 0 Å². The van der Waals surface area contributed by atoms with E-state index in [0.717, 1.165) is 19.3 Å². The first-order valence-electron chi connectivity index (χ1n) is 7.04. The molecule has 0 N–H and O–H groups in total. The zero-order chi connectivity index (χ0) is 15.2. The van der Waals surface area contributed by atoms with Crippen molar-refractivity contribution in [2.24, 2.45) is 0 Å². The highest BCUT2D eigenvalue weighted by atomic mass is 35.5. The molecule has 1 unspecified atom stereocenters. The van der Waals surface area contributed by atoms with Crippen molar-refractivity contribution in [1.82, 2.24) is 4.90 Å². The normalized spacial score (nSPS) is 18.9. The zero-order valence-corrected chi connectivity index (χ0v) is 12.4. The summed E-state index contributed by atoms with van der Waals surface area (Å²) in [5, 5.41) is 0. The SMILES string of the molecule is O=C(c1ccccc1OC(F)F)N1CCCCC1CCCl. The first kappa shape index (κ1) is 16.0. The van der Waals surface area contributed by atoms with E-state index >= 15 is 0 Å². The topological polar surface area (TPSA) is 29.5 Å². The van der Waals surface area contributed by atoms with Crippen molar-refractivity contribution in [3.63, 3.8) is 0 Å². The van der Waals surface area contributed by atoms with E-state index < -0.39 is 6.61 Å². The third-order valence-electron chi connectivity index (χ3n) is 3.66. The van der Waals surface area contributed by atoms with Crippen LogP contribution in [-0.4, -0.2) is 35.9 Å². The number of piperidine rings is 1. The zero-order valence-electron chi connectivity index (χ0n) is 11.6. The second kappa shape index (κ2) is 7.59. The van der Waals surface area contributed by atoms with Gasteiger partial charge in [0.25, 0.3) is 5.91 Å². The van der Waals surface area contributed by atoms with Crippen molar-refractivity contribution < 1.29 is 18.3 Å². The molecule has 1 amide bonds. The molecule has 1 aromatic carbocycles. The Bertz CT molecular complexity index is 482. The van der Waals surface area contributed by atoms with Crippen LogP contribution in [0.4, 0.5) is 8.78 Å². The molecule has 1 aromatic rings. The van der Waals surface area contributed by atoms with Crippen LogP contribution in [0.15, 0.2) is 24.3 Å². The van der Waals surface area contributed by atoms with Crippen molar-refractivity contribution in [2.75, 3.05) is 12.4 Å². The molecule has 0 spiro atoms. The number of nitrogens with zero attached hydrogens (tertiary/aromatic N) is 1. The Morgan fingerprint density at radius 3 is 2.86 bits per heavy atom. The van der Waals surface area contributed by atoms with Gasteiger partial charge in [0.15, 0.2) is 0 Å². The van der Waals surface area contributed by atoms with Gasteiger partial charge < -0.3 is 9.64 Å². The van der Waals surface area contributed by atoms with Crippen LogP contribution >= 0.6 is 11.6 Å². The molecule has 0 saturated carbocycles. The number of carbonyl (C=O) groups excluding carboxylic acids is 1. The summed E-state index contributed by atoms with van der Waals surface area (Å²) in [5.74, 6) is 0.137. The lowest BCUT2D eigenvalue weighted by Crippen LogP contribution is -2.44. The standard InChI is InChI=1S/C15H18ClF2NO2/c16-9-8-11-5-3-4-10-19(11)14(20)12-6-1-2-7-13(12)21-15(17)18/h1-2,6-7,11,15H,3-5,8-10H2. The third-order valence-corrected chi connectivity index (χ3v) is 3.88. The number of hydrogen-bond acceptors (Lipinski definition) is 2. The number of benzene rings is 1. The Labute approximate surface area is 127 Å². The minimum absolute atomic E-state index is 0.0726. The summed E-state index contributed by atoms with van der Waals surface area (Å²) < 4.78 is 29.3. The van der Waals surface area contributed by atoms with E-state index in [-0.39, 0.29) is 23.3 Å². The average Bonchev–Trinajstić information content (AvgIpc) is 2.47. The van der Waals surface area contributed by atoms with Gasteiger partial charge in [0.1, 0.15) is 5.75 Å². The number of halogens is 3. The molecule has 116 valence electrons. The Morgan fingerprint density at radius 2 is 2.14 bits per heavy atom. The second-order valence-corrected chi connectivity index (χ2v) is 5.38. The van der Waals surface area contributed by atoms with Gasteiger partial charge in [-0.1, -0.05) is 12.1 Å². The van der Waals surface area contributed by atoms with Gasteiger partial charge in [-0.25, -0.2) is 0 Å². The van der Waals surface area contributed by atoms with Crippen LogP contribution < -0.4 is 4.74 Å². The Balaban J connectivity index is 2.21. The van der Waals surface area contributed by atoms with Crippen LogP contribution in [-0.2, 0) is 0 Å². The molecule has 3 nitrogen and oxygen atoms in total. The maximum atomic E-state index is 12.6. The lowest BCUT2D eigenvalue weighted by Gasteiger charge is -2.35. The van der Waals surface area contributed by atoms with Gasteiger partial charge in [-0.3, -0.25) is 4.79 Å². The van der Waals surface area contributed by atoms with E-state index in [1.807, 2.05) is 0 Å². The number of hydrogen-bond donors (Lipinski definition) is 0. The highest BCUT2D eigenvalue weighted by Crippen LogP contribution is 2.27. The van der Waals surface area contributed by atoms with E-state index in [1.54, 1.807) is 17.0 Å². The van der Waals surface area contributed by atoms with Crippen molar-refractivity contribution in [3.8, 4) is 5.75 Å². The average molecular weight is 318 g/mol. The largest absolute Gasteiger partial charge is 0.434 e. The molecular weight excluding hydrogens is 300 g/mol. The van der Waals surface area contributed by atoms with E-state index in [9.17, 15) is 13.6 Å². The fourth-order valence-corrected chi connectivity index (χ4v) is 2.94. The predicted octanol–water partition coefficient (Wildman–Crippen LogP) is 3.91. The fraction of sp³-hybridized carbons (Fsp3) is 0.533. The summed E-state index contributed by atoms with van der Waals surface area (Å²) in [6.45, 7) is -2.32. The van der Waals surface area contributed by atoms with Gasteiger partial charge in [-0.2, -0.15) is 8.78 Å². The van der Waals surface area contributed by atoms with E-state index in [1.165, 1.54) is 12.1 Å². The number of rotatable bonds is 5. The summed E-state index contributed by atoms with van der Waals surface area (Å²) in [7, 11) is 0. The van der Waals surface area contributed by atoms with Crippen molar-refractivity contribution >= 4 is 17.5 Å². The molecule has 2 rings (SSSR count). The molecule has 1 aliphatic rings. The van der Waals surface area contributed by atoms with Gasteiger partial charge in [0.2, 0.25) is 0 Å². The molecule has 0 bridgehead atoms. The summed E-state index contributed by atoms with van der Waals surface area (Å²) in [6.07, 6.45) is 3.59. The van der Waals surface area contributed by atoms with E-state index in [2.05, 4.69) is 4.74 Å². The molecule has 1 saturated heterocycles. The molecule has 1 atom stereocenters. The highest BCUT2D eigenvalue weighted by molar-refractivity contribution is 6.17. The first-order chi connectivity index (χ1) is 10.1. The van der Waals surface area contributed by atoms with Gasteiger partial charge >= 0.3 is 6.61 Å². The van der Waals surface area contributed by atoms with Gasteiger partial charge in [0, 0.05) is 18.5 Å². The quantitative estimate of drug-likeness (QED) is 0.771. The van der Waals surface area contributed by atoms with E-state index in [0.29, 0.717) is 18.8 Å². The molecule has 0 aromatic heterocycles. The monoisotopic (exact) mass is 317 g/mol. The van der Waals surface area contributed by atoms with Crippen molar-refractivity contribution in [2.45, 2.75) is 38.3 Å². The molecule has 1 aliphatic heterocycles. The molecule has 0 aliphatic carbocycles. The summed E-state index contributed by atoms with van der Waals surface area (Å²) in [4.78, 5) is 14.4. The number of para-hydroxylation sites is 1. The van der Waals surface area contributed by atoms with E-state index in [4.69, 9.17) is 11.6 Å². The minimum Gasteiger partial charge on any atom is -0.434 e. The molecule has 21 heavy (non-hydrogen) atoms. The molecule has 1 heterocycles. The summed E-state index contributed by atoms with van der Waals surface area (Å²) >= 11 is 5.79. The lowest BCUT2D eigenvalue weighted by atomic mass is 9.98. The first-order valence-corrected chi connectivity index (χ1v) is 7.57. The molecule has 1 fully saturated rings. The van der Waals surface area contributed by atoms with Crippen molar-refractivity contribution in [3.05, 3.63) is 29.8 Å². The third kappa shape index (κ3) is 4.06. The fourth-order valence-electron chi connectivity index (χ4n) is 2.69. The molecule has 6 heteroatoms. The number of ether oxygens (including phenoxy) is 1. The smallest absolute Gasteiger partial charge is 0.387 e. The molecule has 0 radical (unpaired) electrons. The van der Waals surface area contributed by atoms with Gasteiger partial charge in [-0.15, -0.1) is 11.6 Å². The second-order valence-electron chi connectivity index (χ2n) is 5.00. The maximum Gasteiger partial charge on any atom is 0.387 e. The molecular formula is C15H18ClF2NO2. The predicted molar refractivity (Wildman–Crippen MR) is 77.1 cm³/mol. The Kier molecular flexibility index (Phi) is 5.79. The minimum atomic E-state index is -2.95. The van der Waals surface area contributed by atoms with Crippen molar-refractivity contribution in [1.29, 1.82) is 0 Å². The van der Waals surface area contributed by atoms with Crippen LogP contribution in [0.5, 0.6) is 5.75 Å². The summed E-state index contributed by atoms with van der Waals surface area (Å²) in [5.41, 5.74) is 0.180. The number of likely N-dealkylation sites (tertiary alicyclic amines) is 1. The number of alkyl halides is 3. The van der Waals surface area contributed by atoms with Crippen LogP contribution in [0.1, 0.15) is 36.0 Å². The lowest BCUT2D eigenvalue weighted by molar-refractivity contribution is -0.0503. The number of carbonyl (C=O) groups is 1. The van der Waals surface area contributed by atoms with Gasteiger partial charge in [-0.05, 0) is 37.8 Å². The Morgan fingerprint density at radius 1 is 1.38 bits per heavy atom. The number of amides is 1. The van der Waals surface area contributed by atoms with Gasteiger partial charge in [0.05, 0.1) is 5.56 Å². The Hall–Kier alpha value is -1.36. The highest BCUT2D eigenvalue weighted by Gasteiger charge is 2.28. The summed E-state index contributed by atoms with van der Waals surface area (Å²) in [6, 6.07) is 6.20. The maximum absolute atomic E-state index is 12.6. The van der Waals surface area contributed by atoms with Crippen LogP contribution in [0.2, 0.25) is 0 Å².